The van der Waals surface area contributed by atoms with Crippen molar-refractivity contribution in [2.24, 2.45) is 12.8 Å². The molecule has 1 aromatic rings. The molecule has 0 aromatic carbocycles. The standard InChI is InChI=1S/C10H15N3O2/c1-13-8(10(6-11)3-4-10)5-7(12-13)9(14)15-2/h5H,3-4,6,11H2,1-2H3. The molecule has 1 aromatic heterocycles. The largest absolute Gasteiger partial charge is 0.464 e. The van der Waals surface area contributed by atoms with E-state index in [0.29, 0.717) is 12.2 Å². The summed E-state index contributed by atoms with van der Waals surface area (Å²) in [5.41, 5.74) is 7.17. The Morgan fingerprint density at radius 3 is 2.87 bits per heavy atom. The molecular weight excluding hydrogens is 194 g/mol. The summed E-state index contributed by atoms with van der Waals surface area (Å²) in [4.78, 5) is 11.3. The van der Waals surface area contributed by atoms with E-state index in [0.717, 1.165) is 18.5 Å². The van der Waals surface area contributed by atoms with E-state index in [1.165, 1.54) is 7.11 Å². The summed E-state index contributed by atoms with van der Waals surface area (Å²) in [7, 11) is 3.18. The fourth-order valence-corrected chi connectivity index (χ4v) is 1.88. The first kappa shape index (κ1) is 10.2. The molecule has 1 aliphatic rings. The molecule has 1 fully saturated rings. The van der Waals surface area contributed by atoms with Gasteiger partial charge in [-0.15, -0.1) is 0 Å². The van der Waals surface area contributed by atoms with Crippen molar-refractivity contribution in [2.75, 3.05) is 13.7 Å². The zero-order chi connectivity index (χ0) is 11.1. The number of carbonyl (C=O) groups excluding carboxylic acids is 1. The van der Waals surface area contributed by atoms with Crippen LogP contribution in [0.1, 0.15) is 29.0 Å². The molecule has 2 N–H and O–H groups in total. The minimum Gasteiger partial charge on any atom is -0.464 e. The third-order valence-electron chi connectivity index (χ3n) is 3.06. The van der Waals surface area contributed by atoms with Crippen molar-refractivity contribution in [2.45, 2.75) is 18.3 Å². The second-order valence-corrected chi connectivity index (χ2v) is 4.01. The normalized spacial score (nSPS) is 17.5. The number of nitrogens with zero attached hydrogens (tertiary/aromatic N) is 2. The zero-order valence-electron chi connectivity index (χ0n) is 8.99. The lowest BCUT2D eigenvalue weighted by Crippen LogP contribution is -2.22. The monoisotopic (exact) mass is 209 g/mol. The molecular formula is C10H15N3O2. The van der Waals surface area contributed by atoms with Crippen LogP contribution in [0.2, 0.25) is 0 Å². The summed E-state index contributed by atoms with van der Waals surface area (Å²) in [6.07, 6.45) is 2.15. The van der Waals surface area contributed by atoms with E-state index in [2.05, 4.69) is 9.84 Å². The van der Waals surface area contributed by atoms with Crippen molar-refractivity contribution < 1.29 is 9.53 Å². The fraction of sp³-hybridized carbons (Fsp3) is 0.600. The van der Waals surface area contributed by atoms with Crippen molar-refractivity contribution in [3.8, 4) is 0 Å². The second-order valence-electron chi connectivity index (χ2n) is 4.01. The molecule has 0 radical (unpaired) electrons. The topological polar surface area (TPSA) is 70.1 Å². The van der Waals surface area contributed by atoms with Gasteiger partial charge in [-0.1, -0.05) is 0 Å². The SMILES string of the molecule is COC(=O)c1cc(C2(CN)CC2)n(C)n1. The van der Waals surface area contributed by atoms with E-state index in [1.807, 2.05) is 7.05 Å². The number of hydrogen-bond acceptors (Lipinski definition) is 4. The number of rotatable bonds is 3. The highest BCUT2D eigenvalue weighted by Crippen LogP contribution is 2.47. The molecule has 1 aliphatic carbocycles. The summed E-state index contributed by atoms with van der Waals surface area (Å²) < 4.78 is 6.35. The molecule has 0 amide bonds. The van der Waals surface area contributed by atoms with Crippen LogP contribution >= 0.6 is 0 Å². The molecule has 0 spiro atoms. The number of aromatic nitrogens is 2. The van der Waals surface area contributed by atoms with E-state index >= 15 is 0 Å². The Kier molecular flexibility index (Phi) is 2.26. The predicted octanol–water partition coefficient (Wildman–Crippen LogP) is 0.197. The number of hydrogen-bond donors (Lipinski definition) is 1. The Morgan fingerprint density at radius 2 is 2.40 bits per heavy atom. The first-order chi connectivity index (χ1) is 7.13. The molecule has 15 heavy (non-hydrogen) atoms. The van der Waals surface area contributed by atoms with E-state index < -0.39 is 5.97 Å². The van der Waals surface area contributed by atoms with Gasteiger partial charge >= 0.3 is 5.97 Å². The summed E-state index contributed by atoms with van der Waals surface area (Å²) in [5.74, 6) is -0.398. The first-order valence-corrected chi connectivity index (χ1v) is 4.96. The van der Waals surface area contributed by atoms with Gasteiger partial charge in [0.15, 0.2) is 5.69 Å². The summed E-state index contributed by atoms with van der Waals surface area (Å²) in [6.45, 7) is 0.604. The van der Waals surface area contributed by atoms with Crippen molar-refractivity contribution >= 4 is 5.97 Å². The highest BCUT2D eigenvalue weighted by Gasteiger charge is 2.45. The molecule has 0 unspecified atom stereocenters. The second kappa shape index (κ2) is 3.34. The molecule has 1 saturated carbocycles. The maximum absolute atomic E-state index is 11.3. The fourth-order valence-electron chi connectivity index (χ4n) is 1.88. The van der Waals surface area contributed by atoms with Gasteiger partial charge in [0.1, 0.15) is 0 Å². The van der Waals surface area contributed by atoms with Gasteiger partial charge < -0.3 is 10.5 Å². The third-order valence-corrected chi connectivity index (χ3v) is 3.06. The molecule has 5 nitrogen and oxygen atoms in total. The van der Waals surface area contributed by atoms with Crippen LogP contribution in [-0.2, 0) is 17.2 Å². The highest BCUT2D eigenvalue weighted by atomic mass is 16.5. The smallest absolute Gasteiger partial charge is 0.358 e. The maximum atomic E-state index is 11.3. The Balaban J connectivity index is 2.34. The van der Waals surface area contributed by atoms with Gasteiger partial charge in [-0.05, 0) is 18.9 Å². The van der Waals surface area contributed by atoms with Crippen LogP contribution in [0.5, 0.6) is 0 Å². The summed E-state index contributed by atoms with van der Waals surface area (Å²) in [5, 5.41) is 4.12. The number of nitrogens with two attached hydrogens (primary N) is 1. The van der Waals surface area contributed by atoms with Gasteiger partial charge in [-0.25, -0.2) is 4.79 Å². The van der Waals surface area contributed by atoms with Gasteiger partial charge in [-0.2, -0.15) is 5.10 Å². The Hall–Kier alpha value is -1.36. The molecule has 0 aliphatic heterocycles. The van der Waals surface area contributed by atoms with Crippen LogP contribution in [0.4, 0.5) is 0 Å². The van der Waals surface area contributed by atoms with Gasteiger partial charge in [0.25, 0.3) is 0 Å². The molecule has 2 rings (SSSR count). The quantitative estimate of drug-likeness (QED) is 0.722. The molecule has 5 heteroatoms. The van der Waals surface area contributed by atoms with Crippen molar-refractivity contribution in [3.63, 3.8) is 0 Å². The number of esters is 1. The van der Waals surface area contributed by atoms with E-state index in [1.54, 1.807) is 10.7 Å². The minimum atomic E-state index is -0.398. The van der Waals surface area contributed by atoms with Gasteiger partial charge in [0.2, 0.25) is 0 Å². The average Bonchev–Trinajstić information content (AvgIpc) is 2.95. The highest BCUT2D eigenvalue weighted by molar-refractivity contribution is 5.87. The molecule has 82 valence electrons. The van der Waals surface area contributed by atoms with E-state index in [-0.39, 0.29) is 5.41 Å². The predicted molar refractivity (Wildman–Crippen MR) is 54.5 cm³/mol. The number of ether oxygens (including phenoxy) is 1. The van der Waals surface area contributed by atoms with Crippen molar-refractivity contribution in [3.05, 3.63) is 17.5 Å². The average molecular weight is 209 g/mol. The van der Waals surface area contributed by atoms with Gasteiger partial charge in [-0.3, -0.25) is 4.68 Å². The van der Waals surface area contributed by atoms with Crippen LogP contribution in [0.25, 0.3) is 0 Å². The van der Waals surface area contributed by atoms with Crippen molar-refractivity contribution in [1.29, 1.82) is 0 Å². The zero-order valence-corrected chi connectivity index (χ0v) is 8.99. The van der Waals surface area contributed by atoms with Gasteiger partial charge in [0, 0.05) is 24.7 Å². The Bertz CT molecular complexity index is 393. The molecule has 0 atom stereocenters. The lowest BCUT2D eigenvalue weighted by Gasteiger charge is -2.11. The lowest BCUT2D eigenvalue weighted by atomic mass is 10.0. The van der Waals surface area contributed by atoms with Crippen LogP contribution in [0, 0.1) is 0 Å². The molecule has 0 saturated heterocycles. The lowest BCUT2D eigenvalue weighted by molar-refractivity contribution is 0.0593. The Morgan fingerprint density at radius 1 is 1.73 bits per heavy atom. The van der Waals surface area contributed by atoms with Gasteiger partial charge in [0.05, 0.1) is 7.11 Å². The molecule has 0 bridgehead atoms. The Labute approximate surface area is 88.2 Å². The number of carbonyl (C=O) groups is 1. The minimum absolute atomic E-state index is 0.0496. The van der Waals surface area contributed by atoms with E-state index in [4.69, 9.17) is 5.73 Å². The summed E-state index contributed by atoms with van der Waals surface area (Å²) in [6, 6.07) is 1.78. The molecule has 1 heterocycles. The number of methoxy groups -OCH3 is 1. The maximum Gasteiger partial charge on any atom is 0.358 e. The number of aryl methyl sites for hydroxylation is 1. The van der Waals surface area contributed by atoms with Crippen LogP contribution in [0.3, 0.4) is 0 Å². The summed E-state index contributed by atoms with van der Waals surface area (Å²) >= 11 is 0. The third kappa shape index (κ3) is 1.52. The van der Waals surface area contributed by atoms with Crippen LogP contribution < -0.4 is 5.73 Å². The van der Waals surface area contributed by atoms with Crippen LogP contribution in [-0.4, -0.2) is 29.4 Å². The van der Waals surface area contributed by atoms with Crippen molar-refractivity contribution in [1.82, 2.24) is 9.78 Å². The van der Waals surface area contributed by atoms with E-state index in [9.17, 15) is 4.79 Å². The van der Waals surface area contributed by atoms with Crippen LogP contribution in [0.15, 0.2) is 6.07 Å². The first-order valence-electron chi connectivity index (χ1n) is 4.96.